The molecule has 0 radical (unpaired) electrons. The molecule has 3 aromatic rings. The Labute approximate surface area is 119 Å². The van der Waals surface area contributed by atoms with Crippen molar-refractivity contribution in [3.05, 3.63) is 28.3 Å². The summed E-state index contributed by atoms with van der Waals surface area (Å²) in [5.74, 6) is 0.688. The van der Waals surface area contributed by atoms with Crippen LogP contribution in [0.5, 0.6) is 5.88 Å². The number of hydrogen-bond acceptors (Lipinski definition) is 6. The Morgan fingerprint density at radius 1 is 1.38 bits per heavy atom. The smallest absolute Gasteiger partial charge is 0.279 e. The number of pyridine rings is 1. The molecule has 0 aliphatic carbocycles. The molecule has 0 aromatic carbocycles. The van der Waals surface area contributed by atoms with E-state index in [-0.39, 0.29) is 5.56 Å². The molecule has 3 rings (SSSR count). The van der Waals surface area contributed by atoms with E-state index in [0.717, 1.165) is 5.69 Å². The van der Waals surface area contributed by atoms with E-state index < -0.39 is 0 Å². The molecule has 0 unspecified atom stereocenters. The number of aryl methyl sites for hydroxylation is 2. The molecule has 3 heterocycles. The van der Waals surface area contributed by atoms with Gasteiger partial charge < -0.3 is 15.5 Å². The van der Waals surface area contributed by atoms with Gasteiger partial charge in [-0.05, 0) is 13.0 Å². The molecule has 0 aliphatic heterocycles. The molecule has 0 bridgehead atoms. The zero-order valence-corrected chi connectivity index (χ0v) is 11.8. The van der Waals surface area contributed by atoms with Gasteiger partial charge in [0.25, 0.3) is 5.56 Å². The molecule has 21 heavy (non-hydrogen) atoms. The minimum absolute atomic E-state index is 0.301. The normalized spacial score (nSPS) is 11.0. The molecule has 0 saturated carbocycles. The first-order valence-electron chi connectivity index (χ1n) is 6.24. The van der Waals surface area contributed by atoms with Gasteiger partial charge in [0.1, 0.15) is 11.3 Å². The zero-order valence-electron chi connectivity index (χ0n) is 11.8. The van der Waals surface area contributed by atoms with Crippen LogP contribution in [0.3, 0.4) is 0 Å². The lowest BCUT2D eigenvalue weighted by Gasteiger charge is -2.07. The third kappa shape index (κ3) is 2.00. The molecular weight excluding hydrogens is 272 g/mol. The average Bonchev–Trinajstić information content (AvgIpc) is 2.75. The van der Waals surface area contributed by atoms with Crippen LogP contribution in [0, 0.1) is 6.92 Å². The third-order valence-electron chi connectivity index (χ3n) is 3.29. The number of nitrogens with one attached hydrogen (secondary N) is 1. The van der Waals surface area contributed by atoms with E-state index in [1.165, 1.54) is 13.3 Å². The minimum Gasteiger partial charge on any atom is -0.480 e. The van der Waals surface area contributed by atoms with Crippen LogP contribution in [-0.2, 0) is 7.05 Å². The van der Waals surface area contributed by atoms with Crippen LogP contribution < -0.4 is 16.0 Å². The lowest BCUT2D eigenvalue weighted by molar-refractivity contribution is 0.399. The van der Waals surface area contributed by atoms with E-state index in [0.29, 0.717) is 34.0 Å². The number of H-pyrrole nitrogens is 1. The first-order valence-corrected chi connectivity index (χ1v) is 6.24. The summed E-state index contributed by atoms with van der Waals surface area (Å²) in [6, 6.07) is 1.65. The molecule has 0 amide bonds. The molecule has 8 heteroatoms. The first-order chi connectivity index (χ1) is 10.0. The number of nitrogens with zero attached hydrogens (tertiary/aromatic N) is 4. The number of ether oxygens (including phenoxy) is 1. The van der Waals surface area contributed by atoms with Crippen molar-refractivity contribution in [1.29, 1.82) is 0 Å². The van der Waals surface area contributed by atoms with E-state index in [1.807, 2.05) is 6.92 Å². The van der Waals surface area contributed by atoms with Crippen LogP contribution in [0.2, 0.25) is 0 Å². The Bertz CT molecular complexity index is 896. The highest BCUT2D eigenvalue weighted by atomic mass is 16.5. The van der Waals surface area contributed by atoms with Crippen LogP contribution in [0.4, 0.5) is 5.69 Å². The maximum Gasteiger partial charge on any atom is 0.279 e. The highest BCUT2D eigenvalue weighted by Gasteiger charge is 2.16. The number of hydrogen-bond donors (Lipinski definition) is 2. The van der Waals surface area contributed by atoms with E-state index >= 15 is 0 Å². The average molecular weight is 286 g/mol. The number of anilines is 1. The SMILES string of the molecule is COc1ncc(N)cc1-c1nc2c(C)n(C)nc2c(=O)[nH]1. The van der Waals surface area contributed by atoms with Gasteiger partial charge >= 0.3 is 0 Å². The topological polar surface area (TPSA) is 112 Å². The molecule has 8 nitrogen and oxygen atoms in total. The molecule has 3 aromatic heterocycles. The molecule has 0 atom stereocenters. The summed E-state index contributed by atoms with van der Waals surface area (Å²) >= 11 is 0. The van der Waals surface area contributed by atoms with Gasteiger partial charge in [-0.1, -0.05) is 0 Å². The predicted octanol–water partition coefficient (Wildman–Crippen LogP) is 0.618. The molecule has 108 valence electrons. The number of nitrogen functional groups attached to an aromatic ring is 1. The predicted molar refractivity (Wildman–Crippen MR) is 78.1 cm³/mol. The van der Waals surface area contributed by atoms with Crippen molar-refractivity contribution in [2.24, 2.45) is 7.05 Å². The summed E-state index contributed by atoms with van der Waals surface area (Å²) < 4.78 is 6.81. The Kier molecular flexibility index (Phi) is 2.86. The molecule has 0 fully saturated rings. The summed E-state index contributed by atoms with van der Waals surface area (Å²) in [5, 5.41) is 4.15. The fourth-order valence-electron chi connectivity index (χ4n) is 2.12. The zero-order chi connectivity index (χ0) is 15.1. The Hall–Kier alpha value is -2.90. The summed E-state index contributed by atoms with van der Waals surface area (Å²) in [5.41, 5.74) is 8.06. The third-order valence-corrected chi connectivity index (χ3v) is 3.29. The number of fused-ring (bicyclic) bond motifs is 1. The van der Waals surface area contributed by atoms with Crippen LogP contribution in [0.15, 0.2) is 17.1 Å². The van der Waals surface area contributed by atoms with Gasteiger partial charge in [0.05, 0.1) is 30.3 Å². The second kappa shape index (κ2) is 4.58. The number of aromatic amines is 1. The minimum atomic E-state index is -0.317. The second-order valence-electron chi connectivity index (χ2n) is 4.65. The van der Waals surface area contributed by atoms with Crippen molar-refractivity contribution >= 4 is 16.7 Å². The summed E-state index contributed by atoms with van der Waals surface area (Å²) in [6.45, 7) is 1.85. The lowest BCUT2D eigenvalue weighted by Crippen LogP contribution is -2.10. The monoisotopic (exact) mass is 286 g/mol. The van der Waals surface area contributed by atoms with Crippen molar-refractivity contribution in [2.75, 3.05) is 12.8 Å². The first kappa shape index (κ1) is 13.1. The summed E-state index contributed by atoms with van der Waals surface area (Å²) in [7, 11) is 3.26. The number of aromatic nitrogens is 5. The molecule has 0 saturated heterocycles. The van der Waals surface area contributed by atoms with Crippen molar-refractivity contribution in [2.45, 2.75) is 6.92 Å². The Balaban J connectivity index is 2.33. The number of methoxy groups -OCH3 is 1. The van der Waals surface area contributed by atoms with Crippen molar-refractivity contribution in [3.63, 3.8) is 0 Å². The van der Waals surface area contributed by atoms with Crippen LogP contribution in [-0.4, -0.2) is 31.8 Å². The van der Waals surface area contributed by atoms with Gasteiger partial charge in [0.2, 0.25) is 5.88 Å². The maximum absolute atomic E-state index is 12.2. The van der Waals surface area contributed by atoms with Gasteiger partial charge in [-0.25, -0.2) is 9.97 Å². The number of rotatable bonds is 2. The van der Waals surface area contributed by atoms with Gasteiger partial charge in [-0.3, -0.25) is 9.48 Å². The quantitative estimate of drug-likeness (QED) is 0.714. The largest absolute Gasteiger partial charge is 0.480 e. The summed E-state index contributed by atoms with van der Waals surface area (Å²) in [6.07, 6.45) is 1.48. The van der Waals surface area contributed by atoms with E-state index in [1.54, 1.807) is 17.8 Å². The number of nitrogens with two attached hydrogens (primary N) is 1. The van der Waals surface area contributed by atoms with Gasteiger partial charge in [-0.15, -0.1) is 0 Å². The Morgan fingerprint density at radius 2 is 2.14 bits per heavy atom. The summed E-state index contributed by atoms with van der Waals surface area (Å²) in [4.78, 5) is 23.4. The highest BCUT2D eigenvalue weighted by Crippen LogP contribution is 2.27. The van der Waals surface area contributed by atoms with E-state index in [9.17, 15) is 4.79 Å². The molecular formula is C13H14N6O2. The van der Waals surface area contributed by atoms with Crippen molar-refractivity contribution in [1.82, 2.24) is 24.7 Å². The van der Waals surface area contributed by atoms with Gasteiger partial charge in [-0.2, -0.15) is 5.10 Å². The fourth-order valence-corrected chi connectivity index (χ4v) is 2.12. The van der Waals surface area contributed by atoms with Crippen molar-refractivity contribution < 1.29 is 4.74 Å². The maximum atomic E-state index is 12.2. The van der Waals surface area contributed by atoms with Crippen LogP contribution >= 0.6 is 0 Å². The molecule has 0 spiro atoms. The molecule has 0 aliphatic rings. The van der Waals surface area contributed by atoms with Gasteiger partial charge in [0.15, 0.2) is 5.52 Å². The van der Waals surface area contributed by atoms with Crippen LogP contribution in [0.25, 0.3) is 22.4 Å². The lowest BCUT2D eigenvalue weighted by atomic mass is 10.2. The van der Waals surface area contributed by atoms with Crippen LogP contribution in [0.1, 0.15) is 5.69 Å². The second-order valence-corrected chi connectivity index (χ2v) is 4.65. The highest BCUT2D eigenvalue weighted by molar-refractivity contribution is 5.79. The van der Waals surface area contributed by atoms with Crippen molar-refractivity contribution in [3.8, 4) is 17.3 Å². The van der Waals surface area contributed by atoms with Gasteiger partial charge in [0, 0.05) is 7.05 Å². The fraction of sp³-hybridized carbons (Fsp3) is 0.231. The standard InChI is InChI=1S/C13H14N6O2/c1-6-9-10(18-19(6)2)12(20)17-11(16-9)8-4-7(14)5-15-13(8)21-3/h4-5H,14H2,1-3H3,(H,16,17,20). The van der Waals surface area contributed by atoms with E-state index in [4.69, 9.17) is 10.5 Å². The van der Waals surface area contributed by atoms with E-state index in [2.05, 4.69) is 20.1 Å². The molecule has 3 N–H and O–H groups in total. The Morgan fingerprint density at radius 3 is 2.86 bits per heavy atom.